The highest BCUT2D eigenvalue weighted by molar-refractivity contribution is 5.72. The van der Waals surface area contributed by atoms with E-state index in [1.807, 2.05) is 0 Å². The van der Waals surface area contributed by atoms with Gasteiger partial charge in [0.05, 0.1) is 13.0 Å². The Hall–Kier alpha value is -0.530. The van der Waals surface area contributed by atoms with Gasteiger partial charge >= 0.3 is 5.97 Å². The van der Waals surface area contributed by atoms with E-state index in [0.717, 1.165) is 23.7 Å². The molecule has 2 bridgehead atoms. The lowest BCUT2D eigenvalue weighted by Crippen LogP contribution is -2.35. The van der Waals surface area contributed by atoms with Crippen molar-refractivity contribution in [3.8, 4) is 0 Å². The fourth-order valence-corrected chi connectivity index (χ4v) is 4.28. The van der Waals surface area contributed by atoms with Crippen LogP contribution in [0.5, 0.6) is 0 Å². The molecule has 0 radical (unpaired) electrons. The number of ether oxygens (including phenoxy) is 1. The van der Waals surface area contributed by atoms with Crippen LogP contribution in [-0.2, 0) is 9.53 Å². The fraction of sp³-hybridized carbons (Fsp3) is 0.929. The average molecular weight is 226 g/mol. The van der Waals surface area contributed by atoms with Crippen molar-refractivity contribution in [1.29, 1.82) is 0 Å². The molecule has 2 saturated carbocycles. The van der Waals surface area contributed by atoms with Crippen molar-refractivity contribution < 1.29 is 9.53 Å². The monoisotopic (exact) mass is 226 g/mol. The van der Waals surface area contributed by atoms with E-state index >= 15 is 0 Å². The zero-order valence-corrected chi connectivity index (χ0v) is 8.95. The highest BCUT2D eigenvalue weighted by Crippen LogP contribution is 2.63. The predicted octanol–water partition coefficient (Wildman–Crippen LogP) is 3.50. The molecule has 94 valence electrons. The summed E-state index contributed by atoms with van der Waals surface area (Å²) in [4.78, 5) is 11.2. The van der Waals surface area contributed by atoms with Crippen LogP contribution in [0.25, 0.3) is 0 Å². The zero-order valence-electron chi connectivity index (χ0n) is 8.95. The molecule has 0 aromatic rings. The van der Waals surface area contributed by atoms with Gasteiger partial charge in [0.1, 0.15) is 0 Å². The van der Waals surface area contributed by atoms with Crippen LogP contribution in [0.2, 0.25) is 0 Å². The van der Waals surface area contributed by atoms with Gasteiger partial charge < -0.3 is 4.74 Å². The van der Waals surface area contributed by atoms with Crippen LogP contribution in [0.4, 0.5) is 0 Å². The summed E-state index contributed by atoms with van der Waals surface area (Å²) in [5.74, 6) is 3.32. The molecule has 2 nitrogen and oxygen atoms in total. The first-order valence-electron chi connectivity index (χ1n) is 5.78. The molecular weight excluding hydrogens is 200 g/mol. The van der Waals surface area contributed by atoms with E-state index in [4.69, 9.17) is 4.74 Å². The Morgan fingerprint density at radius 1 is 1.25 bits per heavy atom. The minimum absolute atomic E-state index is 0. The molecule has 16 heavy (non-hydrogen) atoms. The number of cyclic esters (lactones) is 1. The Morgan fingerprint density at radius 2 is 1.94 bits per heavy atom. The minimum atomic E-state index is 0. The Balaban J connectivity index is 0.000000640. The Kier molecular flexibility index (Phi) is 3.42. The number of carbonyl (C=O) groups is 1. The Morgan fingerprint density at radius 3 is 2.38 bits per heavy atom. The Labute approximate surface area is 99.8 Å². The zero-order chi connectivity index (χ0) is 9.92. The van der Waals surface area contributed by atoms with Gasteiger partial charge in [-0.2, -0.15) is 0 Å². The van der Waals surface area contributed by atoms with E-state index in [1.165, 1.54) is 12.8 Å². The van der Waals surface area contributed by atoms with E-state index in [1.54, 1.807) is 0 Å². The lowest BCUT2D eigenvalue weighted by molar-refractivity contribution is -0.137. The maximum absolute atomic E-state index is 11.2. The second-order valence-electron chi connectivity index (χ2n) is 5.72. The first-order valence-corrected chi connectivity index (χ1v) is 5.78. The number of hydrogen-bond acceptors (Lipinski definition) is 2. The number of fused-ring (bicyclic) bond motifs is 3. The van der Waals surface area contributed by atoms with Crippen molar-refractivity contribution in [2.75, 3.05) is 6.61 Å². The molecular formula is C14H26O2. The molecule has 5 atom stereocenters. The van der Waals surface area contributed by atoms with Gasteiger partial charge in [-0.25, -0.2) is 0 Å². The van der Waals surface area contributed by atoms with E-state index < -0.39 is 0 Å². The topological polar surface area (TPSA) is 26.3 Å². The van der Waals surface area contributed by atoms with Crippen LogP contribution >= 0.6 is 0 Å². The third kappa shape index (κ3) is 1.49. The molecule has 0 aromatic heterocycles. The summed E-state index contributed by atoms with van der Waals surface area (Å²) >= 11 is 0. The first-order chi connectivity index (χ1) is 6.62. The van der Waals surface area contributed by atoms with Gasteiger partial charge in [-0.15, -0.1) is 0 Å². The summed E-state index contributed by atoms with van der Waals surface area (Å²) in [6.45, 7) is 5.45. The average Bonchev–Trinajstić information content (AvgIpc) is 2.75. The van der Waals surface area contributed by atoms with Gasteiger partial charge in [-0.1, -0.05) is 28.7 Å². The molecule has 5 unspecified atom stereocenters. The number of hydrogen-bond donors (Lipinski definition) is 0. The summed E-state index contributed by atoms with van der Waals surface area (Å²) < 4.78 is 5.19. The van der Waals surface area contributed by atoms with Crippen LogP contribution in [0.15, 0.2) is 0 Å². The van der Waals surface area contributed by atoms with Gasteiger partial charge in [0, 0.05) is 5.41 Å². The normalized spacial score (nSPS) is 48.8. The second-order valence-corrected chi connectivity index (χ2v) is 5.72. The standard InChI is InChI=1S/C12H18O2.2CH4/c1-7-8(2)10-3-9(7)4-12(10)5-11(13)14-6-12;;/h7-10H,3-6H2,1-2H3;2*1H4. The van der Waals surface area contributed by atoms with Gasteiger partial charge in [-0.05, 0) is 36.5 Å². The van der Waals surface area contributed by atoms with Crippen molar-refractivity contribution in [3.05, 3.63) is 0 Å². The molecule has 1 heterocycles. The Bertz CT molecular complexity index is 284. The number of esters is 1. The molecule has 0 N–H and O–H groups in total. The van der Waals surface area contributed by atoms with Crippen LogP contribution in [0.3, 0.4) is 0 Å². The lowest BCUT2D eigenvalue weighted by Gasteiger charge is -2.38. The largest absolute Gasteiger partial charge is 0.465 e. The van der Waals surface area contributed by atoms with Gasteiger partial charge in [-0.3, -0.25) is 4.79 Å². The third-order valence-corrected chi connectivity index (χ3v) is 5.24. The van der Waals surface area contributed by atoms with Crippen molar-refractivity contribution in [2.45, 2.75) is 48.0 Å². The molecule has 3 aliphatic rings. The maximum Gasteiger partial charge on any atom is 0.306 e. The number of carbonyl (C=O) groups excluding carboxylic acids is 1. The highest BCUT2D eigenvalue weighted by Gasteiger charge is 2.60. The smallest absolute Gasteiger partial charge is 0.306 e. The van der Waals surface area contributed by atoms with Crippen molar-refractivity contribution >= 4 is 5.97 Å². The quantitative estimate of drug-likeness (QED) is 0.591. The summed E-state index contributed by atoms with van der Waals surface area (Å²) in [6, 6.07) is 0. The predicted molar refractivity (Wildman–Crippen MR) is 66.0 cm³/mol. The van der Waals surface area contributed by atoms with Crippen molar-refractivity contribution in [3.63, 3.8) is 0 Å². The van der Waals surface area contributed by atoms with Gasteiger partial charge in [0.25, 0.3) is 0 Å². The molecule has 0 aromatic carbocycles. The number of rotatable bonds is 0. The van der Waals surface area contributed by atoms with E-state index in [0.29, 0.717) is 13.0 Å². The van der Waals surface area contributed by atoms with E-state index in [-0.39, 0.29) is 26.2 Å². The van der Waals surface area contributed by atoms with E-state index in [9.17, 15) is 4.79 Å². The molecule has 1 spiro atoms. The first kappa shape index (κ1) is 13.5. The lowest BCUT2D eigenvalue weighted by atomic mass is 9.65. The molecule has 3 rings (SSSR count). The molecule has 0 amide bonds. The van der Waals surface area contributed by atoms with Gasteiger partial charge in [0.15, 0.2) is 0 Å². The summed E-state index contributed by atoms with van der Waals surface area (Å²) in [6.07, 6.45) is 3.29. The van der Waals surface area contributed by atoms with Crippen molar-refractivity contribution in [2.24, 2.45) is 29.1 Å². The molecule has 1 aliphatic heterocycles. The van der Waals surface area contributed by atoms with Gasteiger partial charge in [0.2, 0.25) is 0 Å². The molecule has 2 aliphatic carbocycles. The van der Waals surface area contributed by atoms with E-state index in [2.05, 4.69) is 13.8 Å². The molecule has 2 heteroatoms. The minimum Gasteiger partial charge on any atom is -0.465 e. The maximum atomic E-state index is 11.2. The molecule has 3 fully saturated rings. The summed E-state index contributed by atoms with van der Waals surface area (Å²) in [5.41, 5.74) is 0.258. The van der Waals surface area contributed by atoms with Crippen LogP contribution in [0, 0.1) is 29.1 Å². The third-order valence-electron chi connectivity index (χ3n) is 5.24. The van der Waals surface area contributed by atoms with Crippen LogP contribution in [-0.4, -0.2) is 12.6 Å². The second kappa shape index (κ2) is 4.05. The van der Waals surface area contributed by atoms with Crippen LogP contribution in [0.1, 0.15) is 48.0 Å². The summed E-state index contributed by atoms with van der Waals surface area (Å²) in [5, 5.41) is 0. The highest BCUT2D eigenvalue weighted by atomic mass is 16.5. The summed E-state index contributed by atoms with van der Waals surface area (Å²) in [7, 11) is 0. The fourth-order valence-electron chi connectivity index (χ4n) is 4.28. The molecule has 1 saturated heterocycles. The SMILES string of the molecule is C.C.CC1C2CC(C1C)C1(COC(=O)C1)C2. The van der Waals surface area contributed by atoms with Crippen LogP contribution < -0.4 is 0 Å². The van der Waals surface area contributed by atoms with Crippen molar-refractivity contribution in [1.82, 2.24) is 0 Å².